The summed E-state index contributed by atoms with van der Waals surface area (Å²) in [4.78, 5) is 12.8. The van der Waals surface area contributed by atoms with Gasteiger partial charge in [-0.2, -0.15) is 0 Å². The van der Waals surface area contributed by atoms with Gasteiger partial charge < -0.3 is 10.4 Å². The first-order valence-electron chi connectivity index (χ1n) is 8.77. The first-order valence-corrected chi connectivity index (χ1v) is 9.53. The second-order valence-electron chi connectivity index (χ2n) is 6.95. The highest BCUT2D eigenvalue weighted by molar-refractivity contribution is 6.34. The van der Waals surface area contributed by atoms with Crippen LogP contribution in [-0.4, -0.2) is 22.8 Å². The van der Waals surface area contributed by atoms with Crippen molar-refractivity contribution in [1.82, 2.24) is 5.32 Å². The van der Waals surface area contributed by atoms with E-state index in [4.69, 9.17) is 23.2 Å². The number of nitrogens with one attached hydrogen (secondary N) is 1. The summed E-state index contributed by atoms with van der Waals surface area (Å²) in [5, 5.41) is 13.5. The first-order chi connectivity index (χ1) is 13.2. The van der Waals surface area contributed by atoms with Crippen LogP contribution in [0.1, 0.15) is 47.6 Å². The number of aliphatic hydroxyl groups is 1. The molecule has 28 heavy (non-hydrogen) atoms. The Morgan fingerprint density at radius 2 is 1.86 bits per heavy atom. The third-order valence-electron chi connectivity index (χ3n) is 5.06. The minimum Gasteiger partial charge on any atom is -0.387 e. The van der Waals surface area contributed by atoms with Crippen molar-refractivity contribution in [3.8, 4) is 0 Å². The maximum absolute atomic E-state index is 14.0. The number of rotatable bonds is 4. The van der Waals surface area contributed by atoms with Gasteiger partial charge >= 0.3 is 0 Å². The zero-order valence-corrected chi connectivity index (χ0v) is 16.2. The van der Waals surface area contributed by atoms with Gasteiger partial charge in [-0.1, -0.05) is 35.3 Å². The van der Waals surface area contributed by atoms with Crippen molar-refractivity contribution in [1.29, 1.82) is 0 Å². The van der Waals surface area contributed by atoms with Crippen molar-refractivity contribution in [2.24, 2.45) is 0 Å². The van der Waals surface area contributed by atoms with E-state index in [9.17, 15) is 23.1 Å². The molecule has 0 saturated heterocycles. The Balaban J connectivity index is 1.99. The number of hydrogen-bond acceptors (Lipinski definition) is 2. The molecule has 0 spiro atoms. The Morgan fingerprint density at radius 1 is 1.18 bits per heavy atom. The SMILES string of the molecule is O=C(NC(c1cccc(F)c1Cl)[C@]1(O)CC[C@H](F)CC1)c1ccc(F)cc1Cl. The molecule has 0 aromatic heterocycles. The number of hydrogen-bond donors (Lipinski definition) is 2. The van der Waals surface area contributed by atoms with E-state index < -0.39 is 35.4 Å². The van der Waals surface area contributed by atoms with Gasteiger partial charge in [0.25, 0.3) is 5.91 Å². The smallest absolute Gasteiger partial charge is 0.253 e. The monoisotopic (exact) mass is 431 g/mol. The van der Waals surface area contributed by atoms with Crippen LogP contribution in [0.25, 0.3) is 0 Å². The molecule has 3 rings (SSSR count). The molecule has 1 fully saturated rings. The van der Waals surface area contributed by atoms with Gasteiger partial charge in [-0.15, -0.1) is 0 Å². The first kappa shape index (κ1) is 21.0. The summed E-state index contributed by atoms with van der Waals surface area (Å²) in [5.74, 6) is -2.00. The van der Waals surface area contributed by atoms with Gasteiger partial charge in [-0.3, -0.25) is 4.79 Å². The van der Waals surface area contributed by atoms with Crippen molar-refractivity contribution < 1.29 is 23.1 Å². The van der Waals surface area contributed by atoms with Gasteiger partial charge in [0.2, 0.25) is 0 Å². The molecule has 150 valence electrons. The van der Waals surface area contributed by atoms with Gasteiger partial charge in [0.1, 0.15) is 17.8 Å². The van der Waals surface area contributed by atoms with Crippen LogP contribution in [0.5, 0.6) is 0 Å². The van der Waals surface area contributed by atoms with E-state index >= 15 is 0 Å². The van der Waals surface area contributed by atoms with Gasteiger partial charge in [-0.25, -0.2) is 13.2 Å². The maximum Gasteiger partial charge on any atom is 0.253 e. The van der Waals surface area contributed by atoms with Gasteiger partial charge in [0.05, 0.1) is 27.3 Å². The Kier molecular flexibility index (Phi) is 6.22. The second kappa shape index (κ2) is 8.31. The Labute approximate surface area is 170 Å². The molecule has 2 aromatic carbocycles. The van der Waals surface area contributed by atoms with Gasteiger partial charge in [-0.05, 0) is 55.5 Å². The fourth-order valence-electron chi connectivity index (χ4n) is 3.50. The molecule has 0 heterocycles. The molecule has 3 nitrogen and oxygen atoms in total. The highest BCUT2D eigenvalue weighted by Gasteiger charge is 2.43. The largest absolute Gasteiger partial charge is 0.387 e. The van der Waals surface area contributed by atoms with Crippen molar-refractivity contribution in [2.75, 3.05) is 0 Å². The van der Waals surface area contributed by atoms with E-state index in [2.05, 4.69) is 5.32 Å². The van der Waals surface area contributed by atoms with Gasteiger partial charge in [0, 0.05) is 0 Å². The average Bonchev–Trinajstić information content (AvgIpc) is 2.65. The molecule has 1 atom stereocenters. The molecular weight excluding hydrogens is 414 g/mol. The lowest BCUT2D eigenvalue weighted by atomic mass is 9.76. The fourth-order valence-corrected chi connectivity index (χ4v) is 3.99. The van der Waals surface area contributed by atoms with E-state index in [0.29, 0.717) is 0 Å². The lowest BCUT2D eigenvalue weighted by molar-refractivity contribution is -0.0445. The third kappa shape index (κ3) is 4.29. The van der Waals surface area contributed by atoms with Crippen LogP contribution >= 0.6 is 23.2 Å². The van der Waals surface area contributed by atoms with E-state index in [1.165, 1.54) is 18.2 Å². The molecule has 1 aliphatic rings. The highest BCUT2D eigenvalue weighted by atomic mass is 35.5. The molecule has 1 saturated carbocycles. The zero-order valence-electron chi connectivity index (χ0n) is 14.7. The number of amides is 1. The Morgan fingerprint density at radius 3 is 2.50 bits per heavy atom. The Hall–Kier alpha value is -1.76. The summed E-state index contributed by atoms with van der Waals surface area (Å²) in [6.07, 6.45) is -0.724. The number of alkyl halides is 1. The van der Waals surface area contributed by atoms with E-state index in [0.717, 1.165) is 18.2 Å². The molecule has 1 unspecified atom stereocenters. The van der Waals surface area contributed by atoms with Crippen LogP contribution in [0, 0.1) is 11.6 Å². The predicted octanol–water partition coefficient (Wildman–Crippen LogP) is 5.39. The van der Waals surface area contributed by atoms with Crippen LogP contribution in [0.4, 0.5) is 13.2 Å². The number of carbonyl (C=O) groups is 1. The third-order valence-corrected chi connectivity index (χ3v) is 5.77. The van der Waals surface area contributed by atoms with E-state index in [-0.39, 0.29) is 46.9 Å². The van der Waals surface area contributed by atoms with E-state index in [1.54, 1.807) is 0 Å². The zero-order chi connectivity index (χ0) is 20.5. The summed E-state index contributed by atoms with van der Waals surface area (Å²) in [6, 6.07) is 6.23. The summed E-state index contributed by atoms with van der Waals surface area (Å²) in [7, 11) is 0. The highest BCUT2D eigenvalue weighted by Crippen LogP contribution is 2.42. The molecule has 0 bridgehead atoms. The lowest BCUT2D eigenvalue weighted by Gasteiger charge is -2.41. The van der Waals surface area contributed by atoms with Crippen molar-refractivity contribution >= 4 is 29.1 Å². The Bertz CT molecular complexity index is 886. The van der Waals surface area contributed by atoms with Crippen molar-refractivity contribution in [3.05, 3.63) is 69.2 Å². The standard InChI is InChI=1S/C20H18Cl2F3NO2/c21-15-10-12(24)4-5-13(15)19(27)26-18(14-2-1-3-16(25)17(14)22)20(28)8-6-11(23)7-9-20/h1-5,10-11,18,28H,6-9H2,(H,26,27)/t11-,18?,20-. The van der Waals surface area contributed by atoms with Crippen LogP contribution < -0.4 is 5.32 Å². The molecule has 2 N–H and O–H groups in total. The van der Waals surface area contributed by atoms with Crippen LogP contribution in [0.3, 0.4) is 0 Å². The maximum atomic E-state index is 14.0. The van der Waals surface area contributed by atoms with E-state index in [1.807, 2.05) is 0 Å². The number of benzene rings is 2. The lowest BCUT2D eigenvalue weighted by Crippen LogP contribution is -2.48. The summed E-state index contributed by atoms with van der Waals surface area (Å²) < 4.78 is 40.9. The summed E-state index contributed by atoms with van der Waals surface area (Å²) in [6.45, 7) is 0. The van der Waals surface area contributed by atoms with Gasteiger partial charge in [0.15, 0.2) is 0 Å². The van der Waals surface area contributed by atoms with Crippen LogP contribution in [-0.2, 0) is 0 Å². The van der Waals surface area contributed by atoms with Crippen LogP contribution in [0.15, 0.2) is 36.4 Å². The molecule has 2 aromatic rings. The predicted molar refractivity (Wildman–Crippen MR) is 101 cm³/mol. The normalized spacial score (nSPS) is 23.3. The number of halogens is 5. The quantitative estimate of drug-likeness (QED) is 0.681. The molecule has 1 aliphatic carbocycles. The molecular formula is C20H18Cl2F3NO2. The topological polar surface area (TPSA) is 49.3 Å². The van der Waals surface area contributed by atoms with Crippen molar-refractivity contribution in [2.45, 2.75) is 43.5 Å². The fraction of sp³-hybridized carbons (Fsp3) is 0.350. The number of carbonyl (C=O) groups excluding carboxylic acids is 1. The summed E-state index contributed by atoms with van der Waals surface area (Å²) in [5.41, 5.74) is -1.36. The van der Waals surface area contributed by atoms with Crippen LogP contribution in [0.2, 0.25) is 10.0 Å². The second-order valence-corrected chi connectivity index (χ2v) is 7.74. The molecule has 0 aliphatic heterocycles. The molecule has 0 radical (unpaired) electrons. The van der Waals surface area contributed by atoms with Crippen molar-refractivity contribution in [3.63, 3.8) is 0 Å². The average molecular weight is 432 g/mol. The molecule has 1 amide bonds. The summed E-state index contributed by atoms with van der Waals surface area (Å²) >= 11 is 12.0. The minimum absolute atomic E-state index is 0.0108. The minimum atomic E-state index is -1.53. The molecule has 8 heteroatoms.